The fourth-order valence-corrected chi connectivity index (χ4v) is 1.56. The minimum Gasteiger partial charge on any atom is -0.360 e. The SMILES string of the molecule is CCc1cc(CN(C)Cc2ncc[nH]2)on1. The third-order valence-electron chi connectivity index (χ3n) is 2.37. The molecule has 86 valence electrons. The molecule has 0 unspecified atom stereocenters. The van der Waals surface area contributed by atoms with Gasteiger partial charge in [-0.15, -0.1) is 0 Å². The summed E-state index contributed by atoms with van der Waals surface area (Å²) >= 11 is 0. The zero-order chi connectivity index (χ0) is 11.4. The third-order valence-corrected chi connectivity index (χ3v) is 2.37. The van der Waals surface area contributed by atoms with Gasteiger partial charge in [0, 0.05) is 18.5 Å². The van der Waals surface area contributed by atoms with Gasteiger partial charge in [0.15, 0.2) is 5.76 Å². The summed E-state index contributed by atoms with van der Waals surface area (Å²) in [5.41, 5.74) is 1.00. The molecule has 0 aliphatic heterocycles. The normalized spacial score (nSPS) is 11.2. The number of hydrogen-bond donors (Lipinski definition) is 1. The zero-order valence-electron chi connectivity index (χ0n) is 9.60. The third kappa shape index (κ3) is 2.70. The van der Waals surface area contributed by atoms with Gasteiger partial charge in [0.2, 0.25) is 0 Å². The molecule has 0 bridgehead atoms. The van der Waals surface area contributed by atoms with Crippen LogP contribution in [0.15, 0.2) is 23.0 Å². The van der Waals surface area contributed by atoms with Crippen molar-refractivity contribution in [3.05, 3.63) is 35.7 Å². The standard InChI is InChI=1S/C11H16N4O/c1-3-9-6-10(16-14-9)7-15(2)8-11-12-4-5-13-11/h4-6H,3,7-8H2,1-2H3,(H,12,13). The number of aromatic amines is 1. The lowest BCUT2D eigenvalue weighted by Gasteiger charge is -2.12. The summed E-state index contributed by atoms with van der Waals surface area (Å²) in [4.78, 5) is 9.37. The van der Waals surface area contributed by atoms with Crippen molar-refractivity contribution >= 4 is 0 Å². The molecule has 0 fully saturated rings. The van der Waals surface area contributed by atoms with Crippen molar-refractivity contribution in [2.75, 3.05) is 7.05 Å². The average Bonchev–Trinajstić information content (AvgIpc) is 2.89. The lowest BCUT2D eigenvalue weighted by atomic mass is 10.3. The van der Waals surface area contributed by atoms with Crippen LogP contribution in [0.4, 0.5) is 0 Å². The van der Waals surface area contributed by atoms with Crippen LogP contribution in [0.2, 0.25) is 0 Å². The minimum absolute atomic E-state index is 0.744. The van der Waals surface area contributed by atoms with E-state index in [0.29, 0.717) is 0 Å². The first-order valence-electron chi connectivity index (χ1n) is 5.39. The molecule has 0 atom stereocenters. The van der Waals surface area contributed by atoms with E-state index in [1.54, 1.807) is 6.20 Å². The van der Waals surface area contributed by atoms with Gasteiger partial charge in [0.1, 0.15) is 5.82 Å². The molecule has 0 saturated carbocycles. The maximum absolute atomic E-state index is 5.22. The Kier molecular flexibility index (Phi) is 3.36. The van der Waals surface area contributed by atoms with E-state index in [2.05, 4.69) is 26.9 Å². The van der Waals surface area contributed by atoms with Crippen molar-refractivity contribution < 1.29 is 4.52 Å². The van der Waals surface area contributed by atoms with Gasteiger partial charge in [-0.2, -0.15) is 0 Å². The van der Waals surface area contributed by atoms with E-state index in [1.165, 1.54) is 0 Å². The molecule has 0 saturated heterocycles. The number of hydrogen-bond acceptors (Lipinski definition) is 4. The number of nitrogens with one attached hydrogen (secondary N) is 1. The second-order valence-corrected chi connectivity index (χ2v) is 3.85. The maximum Gasteiger partial charge on any atom is 0.150 e. The monoisotopic (exact) mass is 220 g/mol. The highest BCUT2D eigenvalue weighted by Crippen LogP contribution is 2.08. The lowest BCUT2D eigenvalue weighted by molar-refractivity contribution is 0.261. The second-order valence-electron chi connectivity index (χ2n) is 3.85. The van der Waals surface area contributed by atoms with Gasteiger partial charge >= 0.3 is 0 Å². The number of imidazole rings is 1. The number of rotatable bonds is 5. The smallest absolute Gasteiger partial charge is 0.150 e. The largest absolute Gasteiger partial charge is 0.360 e. The molecule has 16 heavy (non-hydrogen) atoms. The van der Waals surface area contributed by atoms with E-state index < -0.39 is 0 Å². The number of aryl methyl sites for hydroxylation is 1. The molecule has 2 aromatic rings. The van der Waals surface area contributed by atoms with Gasteiger partial charge in [-0.25, -0.2) is 4.98 Å². The van der Waals surface area contributed by atoms with E-state index in [4.69, 9.17) is 4.52 Å². The van der Waals surface area contributed by atoms with E-state index in [9.17, 15) is 0 Å². The minimum atomic E-state index is 0.744. The number of aromatic nitrogens is 3. The summed E-state index contributed by atoms with van der Waals surface area (Å²) in [5.74, 6) is 1.85. The molecule has 5 nitrogen and oxygen atoms in total. The quantitative estimate of drug-likeness (QED) is 0.831. The first-order chi connectivity index (χ1) is 7.78. The first-order valence-corrected chi connectivity index (χ1v) is 5.39. The molecule has 0 aliphatic rings. The van der Waals surface area contributed by atoms with Crippen molar-refractivity contribution in [3.8, 4) is 0 Å². The molecule has 2 aromatic heterocycles. The molecule has 0 amide bonds. The molecule has 5 heteroatoms. The Morgan fingerprint density at radius 1 is 1.44 bits per heavy atom. The number of nitrogens with zero attached hydrogens (tertiary/aromatic N) is 3. The van der Waals surface area contributed by atoms with Crippen molar-refractivity contribution in [1.82, 2.24) is 20.0 Å². The van der Waals surface area contributed by atoms with Gasteiger partial charge in [-0.1, -0.05) is 12.1 Å². The van der Waals surface area contributed by atoms with E-state index >= 15 is 0 Å². The molecular weight excluding hydrogens is 204 g/mol. The first kappa shape index (κ1) is 10.9. The van der Waals surface area contributed by atoms with Crippen LogP contribution in [0.5, 0.6) is 0 Å². The Morgan fingerprint density at radius 3 is 2.94 bits per heavy atom. The van der Waals surface area contributed by atoms with Crippen LogP contribution in [-0.2, 0) is 19.5 Å². The molecule has 0 aliphatic carbocycles. The summed E-state index contributed by atoms with van der Waals surface area (Å²) in [6.45, 7) is 3.58. The van der Waals surface area contributed by atoms with Gasteiger partial charge in [-0.3, -0.25) is 4.90 Å². The van der Waals surface area contributed by atoms with Crippen molar-refractivity contribution in [1.29, 1.82) is 0 Å². The number of H-pyrrole nitrogens is 1. The summed E-state index contributed by atoms with van der Waals surface area (Å²) in [7, 11) is 2.02. The predicted octanol–water partition coefficient (Wildman–Crippen LogP) is 1.59. The Labute approximate surface area is 94.5 Å². The van der Waals surface area contributed by atoms with Crippen LogP contribution in [0.1, 0.15) is 24.2 Å². The molecule has 0 aromatic carbocycles. The highest BCUT2D eigenvalue weighted by atomic mass is 16.5. The topological polar surface area (TPSA) is 58.0 Å². The lowest BCUT2D eigenvalue weighted by Crippen LogP contribution is -2.17. The highest BCUT2D eigenvalue weighted by molar-refractivity contribution is 5.04. The van der Waals surface area contributed by atoms with Crippen LogP contribution < -0.4 is 0 Å². The van der Waals surface area contributed by atoms with Crippen molar-refractivity contribution in [2.45, 2.75) is 26.4 Å². The Bertz CT molecular complexity index is 421. The molecule has 0 radical (unpaired) electrons. The van der Waals surface area contributed by atoms with Crippen LogP contribution in [-0.4, -0.2) is 27.1 Å². The Balaban J connectivity index is 1.89. The van der Waals surface area contributed by atoms with E-state index in [0.717, 1.165) is 36.8 Å². The van der Waals surface area contributed by atoms with Crippen LogP contribution in [0.3, 0.4) is 0 Å². The zero-order valence-corrected chi connectivity index (χ0v) is 9.60. The summed E-state index contributed by atoms with van der Waals surface area (Å²) < 4.78 is 5.22. The second kappa shape index (κ2) is 4.94. The summed E-state index contributed by atoms with van der Waals surface area (Å²) in [6, 6.07) is 2.00. The Morgan fingerprint density at radius 2 is 2.31 bits per heavy atom. The molecule has 0 spiro atoms. The van der Waals surface area contributed by atoms with Crippen LogP contribution >= 0.6 is 0 Å². The molecule has 2 rings (SSSR count). The van der Waals surface area contributed by atoms with Gasteiger partial charge < -0.3 is 9.51 Å². The van der Waals surface area contributed by atoms with Gasteiger partial charge in [0.05, 0.1) is 18.8 Å². The molecular formula is C11H16N4O. The average molecular weight is 220 g/mol. The highest BCUT2D eigenvalue weighted by Gasteiger charge is 2.07. The van der Waals surface area contributed by atoms with Crippen LogP contribution in [0, 0.1) is 0 Å². The summed E-state index contributed by atoms with van der Waals surface area (Å²) in [6.07, 6.45) is 4.49. The van der Waals surface area contributed by atoms with Crippen molar-refractivity contribution in [2.24, 2.45) is 0 Å². The van der Waals surface area contributed by atoms with E-state index in [-0.39, 0.29) is 0 Å². The molecule has 2 heterocycles. The van der Waals surface area contributed by atoms with Gasteiger partial charge in [0.25, 0.3) is 0 Å². The fraction of sp³-hybridized carbons (Fsp3) is 0.455. The van der Waals surface area contributed by atoms with Crippen LogP contribution in [0.25, 0.3) is 0 Å². The predicted molar refractivity (Wildman–Crippen MR) is 59.6 cm³/mol. The van der Waals surface area contributed by atoms with Crippen molar-refractivity contribution in [3.63, 3.8) is 0 Å². The Hall–Kier alpha value is -1.62. The fourth-order valence-electron chi connectivity index (χ4n) is 1.56. The van der Waals surface area contributed by atoms with Gasteiger partial charge in [-0.05, 0) is 13.5 Å². The summed E-state index contributed by atoms with van der Waals surface area (Å²) in [5, 5.41) is 3.96. The molecule has 1 N–H and O–H groups in total. The maximum atomic E-state index is 5.22. The van der Waals surface area contributed by atoms with E-state index in [1.807, 2.05) is 19.3 Å².